The van der Waals surface area contributed by atoms with E-state index in [1.165, 1.54) is 23.3 Å². The number of rotatable bonds is 5. The minimum atomic E-state index is -0.464. The zero-order chi connectivity index (χ0) is 20.4. The van der Waals surface area contributed by atoms with E-state index < -0.39 is 5.25 Å². The Kier molecular flexibility index (Phi) is 5.65. The first kappa shape index (κ1) is 19.8. The minimum Gasteiger partial charge on any atom is -0.325 e. The number of carbonyl (C=O) groups is 2. The molecule has 6 nitrogen and oxygen atoms in total. The number of benzene rings is 2. The maximum absolute atomic E-state index is 12.6. The van der Waals surface area contributed by atoms with Crippen molar-refractivity contribution in [3.05, 3.63) is 63.9 Å². The van der Waals surface area contributed by atoms with Crippen molar-refractivity contribution < 1.29 is 9.59 Å². The van der Waals surface area contributed by atoms with E-state index in [1.807, 2.05) is 25.1 Å². The van der Waals surface area contributed by atoms with Gasteiger partial charge >= 0.3 is 0 Å². The Labute approximate surface area is 167 Å². The smallest absolute Gasteiger partial charge is 0.261 e. The molecule has 3 rings (SSSR count). The van der Waals surface area contributed by atoms with Gasteiger partial charge in [-0.25, -0.2) is 4.98 Å². The van der Waals surface area contributed by atoms with Gasteiger partial charge in [-0.05, 0) is 57.2 Å². The highest BCUT2D eigenvalue weighted by atomic mass is 32.2. The fourth-order valence-corrected chi connectivity index (χ4v) is 3.59. The van der Waals surface area contributed by atoms with Gasteiger partial charge in [0.15, 0.2) is 10.9 Å². The Morgan fingerprint density at radius 2 is 1.82 bits per heavy atom. The van der Waals surface area contributed by atoms with E-state index in [4.69, 9.17) is 0 Å². The number of Topliss-reactive ketones (excluding diaryl/α,β-unsaturated/α-hetero) is 1. The fraction of sp³-hybridized carbons (Fsp3) is 0.238. The Morgan fingerprint density at radius 1 is 1.14 bits per heavy atom. The molecule has 0 saturated carbocycles. The number of hydrogen-bond donors (Lipinski definition) is 1. The highest BCUT2D eigenvalue weighted by molar-refractivity contribution is 8.00. The number of ketones is 1. The molecule has 0 saturated heterocycles. The lowest BCUT2D eigenvalue weighted by Crippen LogP contribution is -2.25. The van der Waals surface area contributed by atoms with E-state index in [1.54, 1.807) is 38.2 Å². The number of thioether (sulfide) groups is 1. The van der Waals surface area contributed by atoms with Crippen LogP contribution in [-0.2, 0) is 11.8 Å². The molecule has 3 aromatic rings. The highest BCUT2D eigenvalue weighted by Crippen LogP contribution is 2.23. The van der Waals surface area contributed by atoms with E-state index in [0.29, 0.717) is 27.3 Å². The van der Waals surface area contributed by atoms with Gasteiger partial charge in [-0.2, -0.15) is 0 Å². The molecule has 1 amide bonds. The number of nitrogens with one attached hydrogen (secondary N) is 1. The molecule has 28 heavy (non-hydrogen) atoms. The predicted molar refractivity (Wildman–Crippen MR) is 112 cm³/mol. The molecule has 1 aromatic heterocycles. The summed E-state index contributed by atoms with van der Waals surface area (Å²) in [5, 5.41) is 3.40. The Balaban J connectivity index is 1.78. The monoisotopic (exact) mass is 395 g/mol. The van der Waals surface area contributed by atoms with Gasteiger partial charge in [0.05, 0.1) is 16.2 Å². The predicted octanol–water partition coefficient (Wildman–Crippen LogP) is 3.56. The molecule has 1 unspecified atom stereocenters. The Hall–Kier alpha value is -2.93. The molecule has 0 radical (unpaired) electrons. The zero-order valence-corrected chi connectivity index (χ0v) is 17.0. The van der Waals surface area contributed by atoms with E-state index in [-0.39, 0.29) is 17.2 Å². The van der Waals surface area contributed by atoms with E-state index in [2.05, 4.69) is 10.3 Å². The number of nitrogens with zero attached hydrogens (tertiary/aromatic N) is 2. The number of anilines is 1. The van der Waals surface area contributed by atoms with Crippen LogP contribution in [0.5, 0.6) is 0 Å². The standard InChI is InChI=1S/C21H21N3O3S/c1-12-5-10-18-17(11-12)20(27)24(4)21(23-18)28-14(3)19(26)22-16-8-6-15(7-9-16)13(2)25/h5-11,14H,1-4H3,(H,22,26). The van der Waals surface area contributed by atoms with Crippen molar-refractivity contribution in [3.63, 3.8) is 0 Å². The van der Waals surface area contributed by atoms with Gasteiger partial charge in [0.25, 0.3) is 5.56 Å². The van der Waals surface area contributed by atoms with Crippen molar-refractivity contribution in [2.45, 2.75) is 31.2 Å². The molecule has 0 aliphatic rings. The number of aromatic nitrogens is 2. The van der Waals surface area contributed by atoms with Crippen LogP contribution in [0.4, 0.5) is 5.69 Å². The maximum atomic E-state index is 12.6. The molecule has 0 fully saturated rings. The topological polar surface area (TPSA) is 81.1 Å². The van der Waals surface area contributed by atoms with Gasteiger partial charge < -0.3 is 5.32 Å². The second kappa shape index (κ2) is 7.98. The third-order valence-electron chi connectivity index (χ3n) is 4.40. The van der Waals surface area contributed by atoms with Gasteiger partial charge in [0.1, 0.15) is 0 Å². The van der Waals surface area contributed by atoms with Crippen molar-refractivity contribution in [1.29, 1.82) is 0 Å². The third kappa shape index (κ3) is 4.14. The van der Waals surface area contributed by atoms with Crippen molar-refractivity contribution in [1.82, 2.24) is 9.55 Å². The average molecular weight is 395 g/mol. The number of hydrogen-bond acceptors (Lipinski definition) is 5. The molecule has 1 N–H and O–H groups in total. The molecule has 1 atom stereocenters. The summed E-state index contributed by atoms with van der Waals surface area (Å²) in [4.78, 5) is 41.0. The summed E-state index contributed by atoms with van der Waals surface area (Å²) in [6.45, 7) is 5.18. The van der Waals surface area contributed by atoms with Gasteiger partial charge in [0, 0.05) is 18.3 Å². The largest absolute Gasteiger partial charge is 0.325 e. The van der Waals surface area contributed by atoms with Crippen LogP contribution in [0.2, 0.25) is 0 Å². The van der Waals surface area contributed by atoms with Crippen LogP contribution in [0, 0.1) is 6.92 Å². The van der Waals surface area contributed by atoms with E-state index in [9.17, 15) is 14.4 Å². The number of aryl methyl sites for hydroxylation is 1. The summed E-state index contributed by atoms with van der Waals surface area (Å²) in [5.74, 6) is -0.237. The normalized spacial score (nSPS) is 12.0. The number of carbonyl (C=O) groups excluding carboxylic acids is 2. The quantitative estimate of drug-likeness (QED) is 0.406. The van der Waals surface area contributed by atoms with E-state index >= 15 is 0 Å². The first-order valence-corrected chi connectivity index (χ1v) is 9.70. The lowest BCUT2D eigenvalue weighted by atomic mass is 10.1. The first-order valence-electron chi connectivity index (χ1n) is 8.82. The maximum Gasteiger partial charge on any atom is 0.261 e. The summed E-state index contributed by atoms with van der Waals surface area (Å²) in [6, 6.07) is 12.3. The number of amides is 1. The second-order valence-electron chi connectivity index (χ2n) is 6.66. The lowest BCUT2D eigenvalue weighted by molar-refractivity contribution is -0.115. The van der Waals surface area contributed by atoms with Crippen LogP contribution in [0.3, 0.4) is 0 Å². The Bertz CT molecular complexity index is 1120. The third-order valence-corrected chi connectivity index (χ3v) is 5.54. The van der Waals surface area contributed by atoms with E-state index in [0.717, 1.165) is 5.56 Å². The Morgan fingerprint density at radius 3 is 2.46 bits per heavy atom. The van der Waals surface area contributed by atoms with Crippen molar-refractivity contribution >= 4 is 40.0 Å². The first-order chi connectivity index (χ1) is 13.3. The van der Waals surface area contributed by atoms with Gasteiger partial charge in [-0.15, -0.1) is 0 Å². The van der Waals surface area contributed by atoms with Crippen molar-refractivity contribution in [3.8, 4) is 0 Å². The summed E-state index contributed by atoms with van der Waals surface area (Å²) in [6.07, 6.45) is 0. The second-order valence-corrected chi connectivity index (χ2v) is 7.97. The van der Waals surface area contributed by atoms with Gasteiger partial charge in [-0.3, -0.25) is 19.0 Å². The summed E-state index contributed by atoms with van der Waals surface area (Å²) in [7, 11) is 1.66. The highest BCUT2D eigenvalue weighted by Gasteiger charge is 2.18. The van der Waals surface area contributed by atoms with Gasteiger partial charge in [-0.1, -0.05) is 23.4 Å². The van der Waals surface area contributed by atoms with Crippen LogP contribution < -0.4 is 10.9 Å². The molecular formula is C21H21N3O3S. The number of fused-ring (bicyclic) bond motifs is 1. The molecule has 0 bridgehead atoms. The molecule has 2 aromatic carbocycles. The molecule has 0 spiro atoms. The summed E-state index contributed by atoms with van der Waals surface area (Å²) >= 11 is 1.22. The van der Waals surface area contributed by atoms with Crippen LogP contribution >= 0.6 is 11.8 Å². The molecule has 0 aliphatic heterocycles. The lowest BCUT2D eigenvalue weighted by Gasteiger charge is -2.14. The minimum absolute atomic E-state index is 0.0275. The SMILES string of the molecule is CC(=O)c1ccc(NC(=O)C(C)Sc2nc3ccc(C)cc3c(=O)n2C)cc1. The van der Waals surface area contributed by atoms with Crippen molar-refractivity contribution in [2.24, 2.45) is 7.05 Å². The molecule has 1 heterocycles. The van der Waals surface area contributed by atoms with Crippen LogP contribution in [0.25, 0.3) is 10.9 Å². The van der Waals surface area contributed by atoms with Gasteiger partial charge in [0.2, 0.25) is 5.91 Å². The molecule has 0 aliphatic carbocycles. The van der Waals surface area contributed by atoms with Crippen LogP contribution in [0.15, 0.2) is 52.4 Å². The average Bonchev–Trinajstić information content (AvgIpc) is 2.66. The molecule has 144 valence electrons. The van der Waals surface area contributed by atoms with Crippen LogP contribution in [-0.4, -0.2) is 26.5 Å². The summed E-state index contributed by atoms with van der Waals surface area (Å²) < 4.78 is 1.47. The zero-order valence-electron chi connectivity index (χ0n) is 16.1. The summed E-state index contributed by atoms with van der Waals surface area (Å²) in [5.41, 5.74) is 2.67. The van der Waals surface area contributed by atoms with Crippen LogP contribution in [0.1, 0.15) is 29.8 Å². The van der Waals surface area contributed by atoms with Crippen molar-refractivity contribution in [2.75, 3.05) is 5.32 Å². The molecular weight excluding hydrogens is 374 g/mol. The molecule has 7 heteroatoms. The fourth-order valence-electron chi connectivity index (χ4n) is 2.71.